The third-order valence-corrected chi connectivity index (χ3v) is 2.83. The van der Waals surface area contributed by atoms with E-state index in [9.17, 15) is 4.79 Å². The summed E-state index contributed by atoms with van der Waals surface area (Å²) in [5.74, 6) is 2.09. The molecular formula is C13H22N2O2. The molecule has 0 fully saturated rings. The van der Waals surface area contributed by atoms with Gasteiger partial charge in [-0.25, -0.2) is 0 Å². The van der Waals surface area contributed by atoms with E-state index in [4.69, 9.17) is 10.2 Å². The van der Waals surface area contributed by atoms with E-state index in [1.54, 1.807) is 0 Å². The second-order valence-corrected chi connectivity index (χ2v) is 4.62. The Morgan fingerprint density at radius 2 is 2.18 bits per heavy atom. The molecule has 0 aromatic carbocycles. The molecule has 0 bridgehead atoms. The minimum atomic E-state index is -0.0793. The zero-order valence-electron chi connectivity index (χ0n) is 10.8. The summed E-state index contributed by atoms with van der Waals surface area (Å²) in [6.45, 7) is 6.48. The molecule has 0 aliphatic heterocycles. The molecule has 1 rings (SSSR count). The number of rotatable bonds is 6. The molecule has 0 aliphatic carbocycles. The molecular weight excluding hydrogens is 216 g/mol. The first kappa shape index (κ1) is 13.8. The van der Waals surface area contributed by atoms with Gasteiger partial charge in [-0.05, 0) is 44.9 Å². The Bertz CT molecular complexity index is 360. The van der Waals surface area contributed by atoms with Gasteiger partial charge in [-0.15, -0.1) is 0 Å². The molecule has 4 heteroatoms. The molecule has 0 spiro atoms. The smallest absolute Gasteiger partial charge is 0.220 e. The highest BCUT2D eigenvalue weighted by Crippen LogP contribution is 2.15. The highest BCUT2D eigenvalue weighted by molar-refractivity contribution is 5.76. The zero-order valence-corrected chi connectivity index (χ0v) is 10.8. The van der Waals surface area contributed by atoms with Crippen molar-refractivity contribution in [1.82, 2.24) is 5.32 Å². The lowest BCUT2D eigenvalue weighted by molar-refractivity contribution is -0.122. The van der Waals surface area contributed by atoms with Gasteiger partial charge in [0.05, 0.1) is 6.04 Å². The Morgan fingerprint density at radius 1 is 1.47 bits per heavy atom. The maximum absolute atomic E-state index is 11.7. The number of hydrogen-bond donors (Lipinski definition) is 2. The summed E-state index contributed by atoms with van der Waals surface area (Å²) in [4.78, 5) is 11.7. The van der Waals surface area contributed by atoms with Crippen LogP contribution < -0.4 is 11.1 Å². The molecule has 1 amide bonds. The van der Waals surface area contributed by atoms with Gasteiger partial charge < -0.3 is 15.5 Å². The Balaban J connectivity index is 2.36. The molecule has 0 saturated heterocycles. The van der Waals surface area contributed by atoms with Gasteiger partial charge in [-0.1, -0.05) is 6.92 Å². The van der Waals surface area contributed by atoms with Gasteiger partial charge in [-0.3, -0.25) is 4.79 Å². The van der Waals surface area contributed by atoms with E-state index < -0.39 is 0 Å². The maximum Gasteiger partial charge on any atom is 0.220 e. The average molecular weight is 238 g/mol. The van der Waals surface area contributed by atoms with E-state index in [1.165, 1.54) is 0 Å². The summed E-state index contributed by atoms with van der Waals surface area (Å²) in [5, 5.41) is 2.92. The first-order valence-electron chi connectivity index (χ1n) is 6.08. The van der Waals surface area contributed by atoms with Crippen LogP contribution >= 0.6 is 0 Å². The fourth-order valence-corrected chi connectivity index (χ4v) is 1.57. The standard InChI is InChI=1S/C13H22N2O2/c1-9(8-14)4-7-13(16)15-11(3)12-6-5-10(2)17-12/h5-6,9,11H,4,7-8,14H2,1-3H3,(H,15,16). The highest BCUT2D eigenvalue weighted by atomic mass is 16.3. The first-order chi connectivity index (χ1) is 8.02. The van der Waals surface area contributed by atoms with Crippen molar-refractivity contribution in [3.8, 4) is 0 Å². The Morgan fingerprint density at radius 3 is 2.71 bits per heavy atom. The van der Waals surface area contributed by atoms with E-state index in [1.807, 2.05) is 32.9 Å². The number of amides is 1. The van der Waals surface area contributed by atoms with E-state index in [0.29, 0.717) is 18.9 Å². The van der Waals surface area contributed by atoms with E-state index >= 15 is 0 Å². The normalized spacial score (nSPS) is 14.4. The van der Waals surface area contributed by atoms with Crippen molar-refractivity contribution < 1.29 is 9.21 Å². The molecule has 1 aromatic rings. The number of nitrogens with two attached hydrogens (primary N) is 1. The van der Waals surface area contributed by atoms with Crippen molar-refractivity contribution >= 4 is 5.91 Å². The minimum Gasteiger partial charge on any atom is -0.464 e. The first-order valence-corrected chi connectivity index (χ1v) is 6.08. The van der Waals surface area contributed by atoms with Crippen molar-refractivity contribution in [2.45, 2.75) is 39.7 Å². The van der Waals surface area contributed by atoms with E-state index in [-0.39, 0.29) is 11.9 Å². The summed E-state index contributed by atoms with van der Waals surface area (Å²) >= 11 is 0. The van der Waals surface area contributed by atoms with Crippen LogP contribution in [0.25, 0.3) is 0 Å². The number of carbonyl (C=O) groups is 1. The number of furan rings is 1. The van der Waals surface area contributed by atoms with Crippen molar-refractivity contribution in [2.24, 2.45) is 11.7 Å². The second kappa shape index (κ2) is 6.45. The van der Waals surface area contributed by atoms with Gasteiger partial charge in [0.1, 0.15) is 11.5 Å². The molecule has 0 aliphatic rings. The Hall–Kier alpha value is -1.29. The van der Waals surface area contributed by atoms with Crippen LogP contribution in [0, 0.1) is 12.8 Å². The molecule has 0 radical (unpaired) electrons. The topological polar surface area (TPSA) is 68.3 Å². The van der Waals surface area contributed by atoms with Crippen molar-refractivity contribution in [3.05, 3.63) is 23.7 Å². The predicted molar refractivity (Wildman–Crippen MR) is 67.5 cm³/mol. The summed E-state index contributed by atoms with van der Waals surface area (Å²) in [5.41, 5.74) is 5.51. The number of aryl methyl sites for hydroxylation is 1. The van der Waals surface area contributed by atoms with Gasteiger partial charge in [0, 0.05) is 6.42 Å². The number of nitrogens with one attached hydrogen (secondary N) is 1. The zero-order chi connectivity index (χ0) is 12.8. The highest BCUT2D eigenvalue weighted by Gasteiger charge is 2.13. The third kappa shape index (κ3) is 4.61. The molecule has 96 valence electrons. The van der Waals surface area contributed by atoms with Crippen LogP contribution in [-0.2, 0) is 4.79 Å². The predicted octanol–water partition coefficient (Wildman–Crippen LogP) is 2.14. The van der Waals surface area contributed by atoms with Crippen molar-refractivity contribution in [3.63, 3.8) is 0 Å². The average Bonchev–Trinajstić information content (AvgIpc) is 2.72. The van der Waals surface area contributed by atoms with Gasteiger partial charge in [0.2, 0.25) is 5.91 Å². The quantitative estimate of drug-likeness (QED) is 0.797. The molecule has 1 heterocycles. The van der Waals surface area contributed by atoms with Gasteiger partial charge >= 0.3 is 0 Å². The lowest BCUT2D eigenvalue weighted by Crippen LogP contribution is -2.27. The number of hydrogen-bond acceptors (Lipinski definition) is 3. The molecule has 0 saturated carbocycles. The van der Waals surface area contributed by atoms with E-state index in [2.05, 4.69) is 5.32 Å². The van der Waals surface area contributed by atoms with Crippen LogP contribution in [0.3, 0.4) is 0 Å². The summed E-state index contributed by atoms with van der Waals surface area (Å²) in [6, 6.07) is 3.71. The van der Waals surface area contributed by atoms with Gasteiger partial charge in [0.15, 0.2) is 0 Å². The second-order valence-electron chi connectivity index (χ2n) is 4.62. The lowest BCUT2D eigenvalue weighted by atomic mass is 10.1. The van der Waals surface area contributed by atoms with Crippen molar-refractivity contribution in [1.29, 1.82) is 0 Å². The van der Waals surface area contributed by atoms with Crippen LogP contribution in [0.5, 0.6) is 0 Å². The Kier molecular flexibility index (Phi) is 5.22. The summed E-state index contributed by atoms with van der Waals surface area (Å²) < 4.78 is 5.46. The molecule has 2 atom stereocenters. The molecule has 2 unspecified atom stereocenters. The third-order valence-electron chi connectivity index (χ3n) is 2.83. The fraction of sp³-hybridized carbons (Fsp3) is 0.615. The maximum atomic E-state index is 11.7. The van der Waals surface area contributed by atoms with Crippen LogP contribution in [0.1, 0.15) is 44.3 Å². The minimum absolute atomic E-state index is 0.0480. The van der Waals surface area contributed by atoms with Crippen LogP contribution in [0.4, 0.5) is 0 Å². The number of carbonyl (C=O) groups excluding carboxylic acids is 1. The monoisotopic (exact) mass is 238 g/mol. The Labute approximate surface area is 103 Å². The molecule has 1 aromatic heterocycles. The largest absolute Gasteiger partial charge is 0.464 e. The summed E-state index contributed by atoms with van der Waals surface area (Å²) in [6.07, 6.45) is 1.34. The van der Waals surface area contributed by atoms with E-state index in [0.717, 1.165) is 17.9 Å². The molecule has 3 N–H and O–H groups in total. The molecule has 4 nitrogen and oxygen atoms in total. The summed E-state index contributed by atoms with van der Waals surface area (Å²) in [7, 11) is 0. The van der Waals surface area contributed by atoms with Crippen LogP contribution in [-0.4, -0.2) is 12.5 Å². The van der Waals surface area contributed by atoms with Crippen molar-refractivity contribution in [2.75, 3.05) is 6.54 Å². The van der Waals surface area contributed by atoms with Gasteiger partial charge in [-0.2, -0.15) is 0 Å². The SMILES string of the molecule is Cc1ccc(C(C)NC(=O)CCC(C)CN)o1. The lowest BCUT2D eigenvalue weighted by Gasteiger charge is -2.12. The van der Waals surface area contributed by atoms with Crippen LogP contribution in [0.15, 0.2) is 16.5 Å². The van der Waals surface area contributed by atoms with Gasteiger partial charge in [0.25, 0.3) is 0 Å². The fourth-order valence-electron chi connectivity index (χ4n) is 1.57. The van der Waals surface area contributed by atoms with Crippen LogP contribution in [0.2, 0.25) is 0 Å². The molecule has 17 heavy (non-hydrogen) atoms.